The van der Waals surface area contributed by atoms with Crippen molar-refractivity contribution in [3.05, 3.63) is 251 Å². The minimum Gasteiger partial charge on any atom is -0.394 e. The molecule has 0 unspecified atom stereocenters. The summed E-state index contributed by atoms with van der Waals surface area (Å²) >= 11 is 6.85. The van der Waals surface area contributed by atoms with E-state index in [0.29, 0.717) is 45.7 Å². The predicted molar refractivity (Wildman–Crippen MR) is 417 cm³/mol. The van der Waals surface area contributed by atoms with Crippen LogP contribution in [0.1, 0.15) is 51.5 Å². The molecule has 0 spiro atoms. The van der Waals surface area contributed by atoms with Crippen molar-refractivity contribution in [3.8, 4) is 0 Å². The highest BCUT2D eigenvalue weighted by molar-refractivity contribution is 9.10. The van der Waals surface area contributed by atoms with Crippen molar-refractivity contribution < 1.29 is 83.5 Å². The van der Waals surface area contributed by atoms with Crippen molar-refractivity contribution in [3.63, 3.8) is 0 Å². The average Bonchev–Trinajstić information content (AvgIpc) is 1.21. The molecular formula is C72H92Br2O18S8. The molecule has 0 aromatic heterocycles. The highest BCUT2D eigenvalue weighted by Gasteiger charge is 2.25. The number of aliphatic hydroxyl groups excluding tert-OH is 4. The lowest BCUT2D eigenvalue weighted by Crippen LogP contribution is -2.33. The summed E-state index contributed by atoms with van der Waals surface area (Å²) in [5.41, 5.74) is 7.70. The van der Waals surface area contributed by atoms with Gasteiger partial charge in [0.2, 0.25) is 0 Å². The van der Waals surface area contributed by atoms with E-state index in [2.05, 4.69) is 88.8 Å². The van der Waals surface area contributed by atoms with Crippen LogP contribution in [0.15, 0.2) is 212 Å². The van der Waals surface area contributed by atoms with Crippen molar-refractivity contribution in [2.75, 3.05) is 99.9 Å². The molecule has 5 fully saturated rings. The van der Waals surface area contributed by atoms with Gasteiger partial charge in [0.05, 0.1) is 104 Å². The summed E-state index contributed by atoms with van der Waals surface area (Å²) in [4.78, 5) is 0.785. The molecule has 12 rings (SSSR count). The maximum Gasteiger partial charge on any atom is 0.264 e. The third-order valence-corrected chi connectivity index (χ3v) is 24.2. The van der Waals surface area contributed by atoms with Gasteiger partial charge in [-0.1, -0.05) is 309 Å². The van der Waals surface area contributed by atoms with Crippen molar-refractivity contribution >= 4 is 117 Å². The Morgan fingerprint density at radius 1 is 0.410 bits per heavy atom. The van der Waals surface area contributed by atoms with Gasteiger partial charge in [0.25, 0.3) is 20.2 Å². The van der Waals surface area contributed by atoms with Crippen LogP contribution >= 0.6 is 96.6 Å². The first kappa shape index (κ1) is 87.6. The summed E-state index contributed by atoms with van der Waals surface area (Å²) < 4.78 is 97.4. The fraction of sp³-hybridized carbons (Fsp3) is 0.417. The van der Waals surface area contributed by atoms with Crippen LogP contribution in [-0.4, -0.2) is 179 Å². The smallest absolute Gasteiger partial charge is 0.264 e. The summed E-state index contributed by atoms with van der Waals surface area (Å²) in [6.45, 7) is 2.84. The standard InChI is InChI=1S/C17H18O3.C12H18O7S2.C10H12O3.C10H14O3.C10H12OS2.C7H7Br.C3H5BrS2.C3H6OS2/c1-3-7-14(8-4-1)11-18-16-12-19-17(20-13-16)15-9-5-2-6-10-15;1-20(13,14)18-9-12(10-19-21(2,15)16)17-8-11-6-4-3-5-7-11;11-9-6-12-10(13-7-9)8-4-2-1-3-5-8;11-6-10(7-12)13-8-9-4-2-1-3-5-9;1-2-4-9(5-3-1)6-11-10-7-12-13-8-10;8-6-7-4-2-1-3-5-7;2*4-3-1-5-6-2-3/h1-10,16-17H,11-13H2;3-7,12H,8-10H2,1-2H3;1-5,9-11H,6-7H2;1-5,10-12H,6-8H2;1-5,10H,6-8H2;1-5H,6H2;3H,1-2H2;3-4H,1-2H2. The van der Waals surface area contributed by atoms with E-state index in [1.807, 2.05) is 207 Å². The van der Waals surface area contributed by atoms with Gasteiger partial charge in [-0.2, -0.15) is 16.8 Å². The van der Waals surface area contributed by atoms with E-state index >= 15 is 0 Å². The molecule has 0 aliphatic carbocycles. The molecule has 7 aromatic rings. The maximum absolute atomic E-state index is 11.0. The Bertz CT molecular complexity index is 3220. The molecule has 5 aliphatic heterocycles. The molecule has 7 aromatic carbocycles. The molecule has 0 atom stereocenters. The lowest BCUT2D eigenvalue weighted by atomic mass is 10.2. The van der Waals surface area contributed by atoms with Gasteiger partial charge in [0.1, 0.15) is 24.4 Å². The van der Waals surface area contributed by atoms with E-state index in [1.165, 1.54) is 22.6 Å². The fourth-order valence-corrected chi connectivity index (χ4v) is 18.5. The van der Waals surface area contributed by atoms with Crippen LogP contribution in [-0.2, 0) is 98.3 Å². The molecule has 5 saturated heterocycles. The van der Waals surface area contributed by atoms with Gasteiger partial charge < -0.3 is 58.3 Å². The lowest BCUT2D eigenvalue weighted by Gasteiger charge is -2.29. The quantitative estimate of drug-likeness (QED) is 0.0264. The largest absolute Gasteiger partial charge is 0.394 e. The molecule has 0 amide bonds. The van der Waals surface area contributed by atoms with E-state index < -0.39 is 38.5 Å². The zero-order valence-corrected chi connectivity index (χ0v) is 65.6. The summed E-state index contributed by atoms with van der Waals surface area (Å²) in [6, 6.07) is 69.3. The topological polar surface area (TPSA) is 241 Å². The Kier molecular flexibility index (Phi) is 47.0. The third kappa shape index (κ3) is 42.8. The van der Waals surface area contributed by atoms with Crippen molar-refractivity contribution in [2.45, 2.75) is 85.8 Å². The van der Waals surface area contributed by atoms with E-state index in [-0.39, 0.29) is 57.8 Å². The van der Waals surface area contributed by atoms with E-state index in [4.69, 9.17) is 58.3 Å². The first-order valence-corrected chi connectivity index (χ1v) is 45.0. The summed E-state index contributed by atoms with van der Waals surface area (Å²) in [7, 11) is 3.94. The molecule has 0 radical (unpaired) electrons. The van der Waals surface area contributed by atoms with E-state index in [9.17, 15) is 16.8 Å². The Morgan fingerprint density at radius 2 is 0.720 bits per heavy atom. The highest BCUT2D eigenvalue weighted by atomic mass is 79.9. The summed E-state index contributed by atoms with van der Waals surface area (Å²) in [6.07, 6.45) is -0.144. The predicted octanol–water partition coefficient (Wildman–Crippen LogP) is 13.9. The van der Waals surface area contributed by atoms with Gasteiger partial charge in [-0.05, 0) is 27.8 Å². The molecule has 5 heterocycles. The second-order valence-corrected chi connectivity index (χ2v) is 34.9. The van der Waals surface area contributed by atoms with E-state index in [0.717, 1.165) is 80.1 Å². The second-order valence-electron chi connectivity index (χ2n) is 22.1. The molecular weight excluding hydrogens is 1570 g/mol. The van der Waals surface area contributed by atoms with Crippen LogP contribution in [0.3, 0.4) is 0 Å². The molecule has 0 saturated carbocycles. The number of ether oxygens (including phenoxy) is 8. The Morgan fingerprint density at radius 3 is 1.03 bits per heavy atom. The summed E-state index contributed by atoms with van der Waals surface area (Å²) in [5.74, 6) is 6.68. The summed E-state index contributed by atoms with van der Waals surface area (Å²) in [5, 5.41) is 36.2. The third-order valence-electron chi connectivity index (χ3n) is 13.3. The van der Waals surface area contributed by atoms with Crippen molar-refractivity contribution in [1.82, 2.24) is 0 Å². The first-order chi connectivity index (χ1) is 48.5. The number of rotatable bonds is 23. The minimum atomic E-state index is -3.64. The number of hydrogen-bond acceptors (Lipinski definition) is 24. The molecule has 550 valence electrons. The number of alkyl halides is 2. The van der Waals surface area contributed by atoms with Gasteiger partial charge in [-0.15, -0.1) is 0 Å². The number of aliphatic hydroxyl groups is 4. The number of hydrogen-bond donors (Lipinski definition) is 4. The van der Waals surface area contributed by atoms with Crippen LogP contribution in [0.2, 0.25) is 0 Å². The van der Waals surface area contributed by atoms with Crippen LogP contribution in [0.25, 0.3) is 0 Å². The first-order valence-electron chi connectivity index (χ1n) is 31.9. The van der Waals surface area contributed by atoms with Gasteiger partial charge >= 0.3 is 0 Å². The molecule has 0 bridgehead atoms. The zero-order valence-electron chi connectivity index (χ0n) is 55.9. The van der Waals surface area contributed by atoms with Crippen LogP contribution in [0.4, 0.5) is 0 Å². The normalized spacial score (nSPS) is 18.4. The minimum absolute atomic E-state index is 0.00447. The van der Waals surface area contributed by atoms with Gasteiger partial charge in [0.15, 0.2) is 12.6 Å². The number of benzene rings is 7. The second kappa shape index (κ2) is 53.7. The lowest BCUT2D eigenvalue weighted by molar-refractivity contribution is -0.232. The average molecular weight is 1660 g/mol. The molecule has 100 heavy (non-hydrogen) atoms. The monoisotopic (exact) mass is 1660 g/mol. The molecule has 28 heteroatoms. The Labute approximate surface area is 631 Å². The number of halogens is 2. The van der Waals surface area contributed by atoms with Gasteiger partial charge in [0, 0.05) is 55.8 Å². The van der Waals surface area contributed by atoms with Crippen LogP contribution < -0.4 is 0 Å². The van der Waals surface area contributed by atoms with Crippen molar-refractivity contribution in [1.29, 1.82) is 0 Å². The SMILES string of the molecule is BrC1CSSC1.BrCc1ccccc1.CS(=O)(=O)OCC(COS(C)(=O)=O)OCc1ccccc1.OC1COC(c2ccccc2)OC1.OC1CSSC1.OCC(CO)OCc1ccccc1.c1ccc(COC2COC(c3ccccc3)OC2)cc1.c1ccc(COC2CSSC2)cc1. The van der Waals surface area contributed by atoms with Gasteiger partial charge in [-0.25, -0.2) is 0 Å². The van der Waals surface area contributed by atoms with Crippen molar-refractivity contribution in [2.24, 2.45) is 0 Å². The molecule has 4 N–H and O–H groups in total. The van der Waals surface area contributed by atoms with Crippen LogP contribution in [0.5, 0.6) is 0 Å². The Hall–Kier alpha value is -3.06. The Balaban J connectivity index is 0.000000213. The fourth-order valence-electron chi connectivity index (χ4n) is 8.09. The molecule has 5 aliphatic rings. The van der Waals surface area contributed by atoms with Gasteiger partial charge in [-0.3, -0.25) is 8.37 Å². The van der Waals surface area contributed by atoms with E-state index in [1.54, 1.807) is 21.6 Å². The highest BCUT2D eigenvalue weighted by Crippen LogP contribution is 2.34. The maximum atomic E-state index is 11.0. The molecule has 18 nitrogen and oxygen atoms in total. The zero-order chi connectivity index (χ0) is 71.7. The van der Waals surface area contributed by atoms with Crippen LogP contribution in [0, 0.1) is 0 Å².